The lowest BCUT2D eigenvalue weighted by atomic mass is 10.1. The summed E-state index contributed by atoms with van der Waals surface area (Å²) in [5.41, 5.74) is -0.396. The number of halogens is 2. The zero-order chi connectivity index (χ0) is 32.7. The van der Waals surface area contributed by atoms with Crippen LogP contribution in [0.15, 0.2) is 61.4 Å². The summed E-state index contributed by atoms with van der Waals surface area (Å²) in [6, 6.07) is 4.34. The largest absolute Gasteiger partial charge is 0.481 e. The van der Waals surface area contributed by atoms with Crippen LogP contribution in [0.1, 0.15) is 6.42 Å². The molecule has 2 amide bonds. The highest BCUT2D eigenvalue weighted by atomic mass is 35.5. The van der Waals surface area contributed by atoms with Crippen molar-refractivity contribution in [3.63, 3.8) is 0 Å². The maximum absolute atomic E-state index is 13.0. The Balaban J connectivity index is 1.46. The number of carboxylic acid groups (broad SMARTS) is 2. The number of H-pyrrole nitrogens is 1. The maximum Gasteiger partial charge on any atom is 0.353 e. The van der Waals surface area contributed by atoms with Crippen LogP contribution in [0.4, 0.5) is 5.82 Å². The van der Waals surface area contributed by atoms with Crippen molar-refractivity contribution < 1.29 is 34.5 Å². The molecule has 0 bridgehead atoms. The highest BCUT2D eigenvalue weighted by molar-refractivity contribution is 8.01. The van der Waals surface area contributed by atoms with Crippen LogP contribution in [-0.2, 0) is 19.2 Å². The van der Waals surface area contributed by atoms with Crippen molar-refractivity contribution >= 4 is 99.8 Å². The first kappa shape index (κ1) is 35.1. The molecule has 45 heavy (non-hydrogen) atoms. The van der Waals surface area contributed by atoms with Gasteiger partial charge in [-0.1, -0.05) is 47.1 Å². The van der Waals surface area contributed by atoms with Crippen LogP contribution in [0.5, 0.6) is 0 Å². The molecule has 1 fully saturated rings. The number of benzene rings is 1. The number of hydrogen-bond donors (Lipinski definition) is 6. The number of carbonyl (C=O) groups is 4. The van der Waals surface area contributed by atoms with E-state index in [1.165, 1.54) is 46.6 Å². The predicted octanol–water partition coefficient (Wildman–Crippen LogP) is 3.18. The van der Waals surface area contributed by atoms with Gasteiger partial charge in [0.15, 0.2) is 5.16 Å². The van der Waals surface area contributed by atoms with Crippen molar-refractivity contribution in [2.75, 3.05) is 35.7 Å². The Kier molecular flexibility index (Phi) is 12.6. The number of carboxylic acids is 2. The number of anilines is 1. The number of thioether (sulfide) groups is 4. The second-order valence-corrected chi connectivity index (χ2v) is 14.2. The molecule has 0 aliphatic carbocycles. The standard InChI is InChI=1S/C26H25Cl2N5O8S4/c27-13-7-16(44-11-22(38)39)14(28)6-15(13)43-10-19(36)31-24-12(23(25(40)41)33-20(37)9-21(33)45-24)2-1-5-42-26-30-17(29-3-4-34)8-18(35)32-26/h1-2,6-8,21,24,34H,3-5,9-11H2,(H,31,36)(H,38,39)(H,40,41)(H2,29,30,32,35)/b2-1+. The predicted molar refractivity (Wildman–Crippen MR) is 175 cm³/mol. The van der Waals surface area contributed by atoms with Crippen molar-refractivity contribution in [2.45, 2.75) is 32.1 Å². The summed E-state index contributed by atoms with van der Waals surface area (Å²) < 4.78 is 0. The minimum Gasteiger partial charge on any atom is -0.481 e. The third-order valence-electron chi connectivity index (χ3n) is 5.94. The molecule has 6 N–H and O–H groups in total. The monoisotopic (exact) mass is 733 g/mol. The first-order valence-corrected chi connectivity index (χ1v) is 17.6. The number of rotatable bonds is 15. The number of aliphatic hydroxyl groups excluding tert-OH is 1. The second-order valence-electron chi connectivity index (χ2n) is 9.10. The minimum atomic E-state index is -1.31. The van der Waals surface area contributed by atoms with Crippen molar-refractivity contribution in [3.05, 3.63) is 62.0 Å². The van der Waals surface area contributed by atoms with Crippen molar-refractivity contribution in [1.29, 1.82) is 0 Å². The van der Waals surface area contributed by atoms with Gasteiger partial charge in [0.1, 0.15) is 16.9 Å². The van der Waals surface area contributed by atoms with Gasteiger partial charge in [0, 0.05) is 33.7 Å². The van der Waals surface area contributed by atoms with E-state index >= 15 is 0 Å². The summed E-state index contributed by atoms with van der Waals surface area (Å²) in [6.07, 6.45) is 3.30. The highest BCUT2D eigenvalue weighted by Gasteiger charge is 2.48. The van der Waals surface area contributed by atoms with Crippen molar-refractivity contribution in [2.24, 2.45) is 0 Å². The third-order valence-corrected chi connectivity index (χ3v) is 11.0. The molecule has 13 nitrogen and oxygen atoms in total. The van der Waals surface area contributed by atoms with E-state index in [0.29, 0.717) is 25.8 Å². The molecular weight excluding hydrogens is 709 g/mol. The Morgan fingerprint density at radius 1 is 1.09 bits per heavy atom. The van der Waals surface area contributed by atoms with E-state index in [0.717, 1.165) is 23.5 Å². The fourth-order valence-corrected chi connectivity index (χ4v) is 8.39. The molecule has 1 aromatic carbocycles. The molecule has 2 aliphatic heterocycles. The van der Waals surface area contributed by atoms with Crippen molar-refractivity contribution in [1.82, 2.24) is 20.2 Å². The van der Waals surface area contributed by atoms with Crippen LogP contribution in [-0.4, -0.2) is 95.1 Å². The molecule has 0 saturated carbocycles. The first-order chi connectivity index (χ1) is 21.5. The summed E-state index contributed by atoms with van der Waals surface area (Å²) >= 11 is 17.2. The Labute approximate surface area is 283 Å². The molecule has 2 aliphatic rings. The van der Waals surface area contributed by atoms with Crippen molar-refractivity contribution in [3.8, 4) is 0 Å². The molecule has 2 atom stereocenters. The van der Waals surface area contributed by atoms with Gasteiger partial charge in [0.05, 0.1) is 40.0 Å². The molecule has 240 valence electrons. The van der Waals surface area contributed by atoms with Gasteiger partial charge in [-0.05, 0) is 12.1 Å². The average molecular weight is 735 g/mol. The van der Waals surface area contributed by atoms with E-state index < -0.39 is 34.2 Å². The molecule has 2 unspecified atom stereocenters. The van der Waals surface area contributed by atoms with E-state index in [4.69, 9.17) is 33.4 Å². The fourth-order valence-electron chi connectivity index (χ4n) is 4.05. The summed E-state index contributed by atoms with van der Waals surface area (Å²) in [6.45, 7) is 0.0764. The van der Waals surface area contributed by atoms with E-state index in [1.807, 2.05) is 0 Å². The number of fused-ring (bicyclic) bond motifs is 1. The average Bonchev–Trinajstić information content (AvgIpc) is 2.97. The van der Waals surface area contributed by atoms with Gasteiger partial charge in [-0.25, -0.2) is 9.78 Å². The molecule has 2 aromatic rings. The van der Waals surface area contributed by atoms with Crippen LogP contribution in [0.3, 0.4) is 0 Å². The number of nitrogens with zero attached hydrogens (tertiary/aromatic N) is 2. The molecule has 19 heteroatoms. The topological polar surface area (TPSA) is 202 Å². The Morgan fingerprint density at radius 2 is 1.78 bits per heavy atom. The van der Waals surface area contributed by atoms with Crippen LogP contribution in [0.2, 0.25) is 10.0 Å². The number of aromatic nitrogens is 2. The zero-order valence-electron chi connectivity index (χ0n) is 23.0. The lowest BCUT2D eigenvalue weighted by Gasteiger charge is -2.46. The van der Waals surface area contributed by atoms with Crippen LogP contribution in [0, 0.1) is 0 Å². The summed E-state index contributed by atoms with van der Waals surface area (Å²) in [5, 5.41) is 33.2. The molecule has 1 saturated heterocycles. The van der Waals surface area contributed by atoms with Gasteiger partial charge in [0.2, 0.25) is 11.8 Å². The molecular formula is C26H25Cl2N5O8S4. The summed E-state index contributed by atoms with van der Waals surface area (Å²) in [4.78, 5) is 69.5. The van der Waals surface area contributed by atoms with Crippen LogP contribution in [0.25, 0.3) is 0 Å². The van der Waals surface area contributed by atoms with Gasteiger partial charge in [0.25, 0.3) is 5.56 Å². The lowest BCUT2D eigenvalue weighted by molar-refractivity contribution is -0.146. The SMILES string of the molecule is O=C(O)CSc1cc(Cl)c(SCC(=O)NC2SC3CC(=O)N3C(C(=O)O)=C2/C=C/CSc2nc(NCCO)cc(=O)[nH]2)cc1Cl. The van der Waals surface area contributed by atoms with E-state index in [9.17, 15) is 29.1 Å². The smallest absolute Gasteiger partial charge is 0.353 e. The quantitative estimate of drug-likeness (QED) is 0.0885. The first-order valence-electron chi connectivity index (χ1n) is 12.9. The minimum absolute atomic E-state index is 0.0863. The molecule has 1 aromatic heterocycles. The van der Waals surface area contributed by atoms with E-state index in [2.05, 4.69) is 20.6 Å². The zero-order valence-corrected chi connectivity index (χ0v) is 27.7. The summed E-state index contributed by atoms with van der Waals surface area (Å²) in [7, 11) is 0. The number of aliphatic carboxylic acids is 2. The second kappa shape index (κ2) is 16.2. The normalized spacial score (nSPS) is 17.7. The maximum atomic E-state index is 13.0. The van der Waals surface area contributed by atoms with Gasteiger partial charge < -0.3 is 30.9 Å². The van der Waals surface area contributed by atoms with Gasteiger partial charge in [-0.2, -0.15) is 0 Å². The Morgan fingerprint density at radius 3 is 2.40 bits per heavy atom. The number of carbonyl (C=O) groups excluding carboxylic acids is 2. The number of nitrogens with one attached hydrogen (secondary N) is 3. The van der Waals surface area contributed by atoms with Gasteiger partial charge >= 0.3 is 11.9 Å². The van der Waals surface area contributed by atoms with E-state index in [1.54, 1.807) is 12.1 Å². The van der Waals surface area contributed by atoms with Crippen LogP contribution < -0.4 is 16.2 Å². The highest BCUT2D eigenvalue weighted by Crippen LogP contribution is 2.44. The number of aliphatic hydroxyl groups is 1. The molecule has 0 spiro atoms. The Hall–Kier alpha value is -2.80. The number of β-lactam (4-membered cyclic amide) rings is 1. The fraction of sp³-hybridized carbons (Fsp3) is 0.308. The number of aromatic amines is 1. The summed E-state index contributed by atoms with van der Waals surface area (Å²) in [5.74, 6) is -2.80. The molecule has 0 radical (unpaired) electrons. The number of amides is 2. The lowest BCUT2D eigenvalue weighted by Crippen LogP contribution is -2.57. The molecule has 4 rings (SSSR count). The van der Waals surface area contributed by atoms with Crippen LogP contribution >= 0.6 is 70.2 Å². The molecule has 3 heterocycles. The van der Waals surface area contributed by atoms with Gasteiger partial charge in [-0.3, -0.25) is 24.1 Å². The third kappa shape index (κ3) is 9.37. The van der Waals surface area contributed by atoms with E-state index in [-0.39, 0.29) is 59.0 Å². The number of hydrogen-bond acceptors (Lipinski definition) is 12. The Bertz CT molecular complexity index is 1620. The van der Waals surface area contributed by atoms with Gasteiger partial charge in [-0.15, -0.1) is 35.3 Å².